The lowest BCUT2D eigenvalue weighted by atomic mass is 9.69. The fraction of sp³-hybridized carbons (Fsp3) is 0.500. The average molecular weight is 286 g/mol. The number of phenols is 1. The molecule has 1 saturated carbocycles. The molecule has 0 spiro atoms. The molecule has 4 nitrogen and oxygen atoms in total. The summed E-state index contributed by atoms with van der Waals surface area (Å²) >= 11 is 0. The third kappa shape index (κ3) is 2.09. The highest BCUT2D eigenvalue weighted by Gasteiger charge is 2.46. The highest BCUT2D eigenvalue weighted by Crippen LogP contribution is 2.48. The van der Waals surface area contributed by atoms with Gasteiger partial charge in [-0.05, 0) is 12.8 Å². The summed E-state index contributed by atoms with van der Waals surface area (Å²) in [7, 11) is 1.13. The monoisotopic (exact) mass is 286 g/mol. The number of methoxy groups -OCH3 is 1. The number of ether oxygens (including phenoxy) is 1. The second kappa shape index (κ2) is 5.26. The van der Waals surface area contributed by atoms with Crippen LogP contribution in [-0.2, 0) is 10.2 Å². The number of rotatable bonds is 3. The molecule has 1 aliphatic carbocycles. The quantitative estimate of drug-likeness (QED) is 0.896. The first-order valence-electron chi connectivity index (χ1n) is 6.43. The van der Waals surface area contributed by atoms with E-state index in [9.17, 15) is 23.8 Å². The van der Waals surface area contributed by atoms with E-state index in [1.807, 2.05) is 0 Å². The van der Waals surface area contributed by atoms with Crippen LogP contribution in [0, 0.1) is 11.6 Å². The first-order chi connectivity index (χ1) is 9.44. The summed E-state index contributed by atoms with van der Waals surface area (Å²) in [5.74, 6) is -4.59. The second-order valence-electron chi connectivity index (χ2n) is 5.04. The summed E-state index contributed by atoms with van der Waals surface area (Å²) in [6, 6.07) is 0.563. The number of carboxylic acid groups (broad SMARTS) is 1. The Morgan fingerprint density at radius 2 is 1.85 bits per heavy atom. The van der Waals surface area contributed by atoms with Gasteiger partial charge < -0.3 is 14.9 Å². The lowest BCUT2D eigenvalue weighted by Crippen LogP contribution is -2.38. The Morgan fingerprint density at radius 3 is 2.35 bits per heavy atom. The van der Waals surface area contributed by atoms with E-state index in [4.69, 9.17) is 4.74 Å². The number of phenolic OH excluding ortho intramolecular Hbond substituents is 1. The molecule has 1 aromatic rings. The van der Waals surface area contributed by atoms with Gasteiger partial charge in [0.2, 0.25) is 0 Å². The van der Waals surface area contributed by atoms with E-state index in [1.54, 1.807) is 0 Å². The number of aromatic hydroxyl groups is 1. The Kier molecular flexibility index (Phi) is 3.83. The molecule has 0 atom stereocenters. The van der Waals surface area contributed by atoms with Crippen molar-refractivity contribution in [3.63, 3.8) is 0 Å². The van der Waals surface area contributed by atoms with Gasteiger partial charge in [-0.3, -0.25) is 4.79 Å². The SMILES string of the molecule is COc1c(F)cc(F)c(C2(C(=O)O)CCCCC2)c1O. The number of benzene rings is 1. The molecule has 1 aliphatic rings. The van der Waals surface area contributed by atoms with Crippen molar-refractivity contribution in [2.45, 2.75) is 37.5 Å². The van der Waals surface area contributed by atoms with E-state index >= 15 is 0 Å². The van der Waals surface area contributed by atoms with Gasteiger partial charge in [-0.2, -0.15) is 0 Å². The van der Waals surface area contributed by atoms with E-state index in [-0.39, 0.29) is 18.4 Å². The first kappa shape index (κ1) is 14.6. The zero-order chi connectivity index (χ0) is 14.9. The van der Waals surface area contributed by atoms with Crippen LogP contribution in [0.25, 0.3) is 0 Å². The summed E-state index contributed by atoms with van der Waals surface area (Å²) in [6.45, 7) is 0. The van der Waals surface area contributed by atoms with Crippen molar-refractivity contribution in [3.8, 4) is 11.5 Å². The molecule has 2 N–H and O–H groups in total. The van der Waals surface area contributed by atoms with E-state index in [0.29, 0.717) is 18.9 Å². The minimum Gasteiger partial charge on any atom is -0.504 e. The Hall–Kier alpha value is -1.85. The van der Waals surface area contributed by atoms with Crippen molar-refractivity contribution < 1.29 is 28.5 Å². The standard InChI is InChI=1S/C14H16F2O4/c1-20-12-9(16)7-8(15)10(11(12)17)14(13(18)19)5-3-2-4-6-14/h7,17H,2-6H2,1H3,(H,18,19). The van der Waals surface area contributed by atoms with Crippen LogP contribution >= 0.6 is 0 Å². The molecule has 1 aromatic carbocycles. The maximum Gasteiger partial charge on any atom is 0.314 e. The zero-order valence-corrected chi connectivity index (χ0v) is 11.1. The smallest absolute Gasteiger partial charge is 0.314 e. The van der Waals surface area contributed by atoms with Gasteiger partial charge in [0.05, 0.1) is 18.1 Å². The molecule has 0 radical (unpaired) electrons. The van der Waals surface area contributed by atoms with E-state index in [2.05, 4.69) is 0 Å². The topological polar surface area (TPSA) is 66.8 Å². The molecule has 0 saturated heterocycles. The number of hydrogen-bond acceptors (Lipinski definition) is 3. The van der Waals surface area contributed by atoms with Crippen LogP contribution in [0.1, 0.15) is 37.7 Å². The summed E-state index contributed by atoms with van der Waals surface area (Å²) in [6.07, 6.45) is 2.51. The van der Waals surface area contributed by atoms with Crippen LogP contribution in [-0.4, -0.2) is 23.3 Å². The first-order valence-corrected chi connectivity index (χ1v) is 6.43. The van der Waals surface area contributed by atoms with Crippen molar-refractivity contribution in [1.82, 2.24) is 0 Å². The minimum atomic E-state index is -1.52. The summed E-state index contributed by atoms with van der Waals surface area (Å²) < 4.78 is 32.3. The Bertz CT molecular complexity index is 536. The number of carboxylic acids is 1. The molecular formula is C14H16F2O4. The van der Waals surface area contributed by atoms with Gasteiger partial charge in [0, 0.05) is 6.07 Å². The van der Waals surface area contributed by atoms with Crippen molar-refractivity contribution >= 4 is 5.97 Å². The van der Waals surface area contributed by atoms with Gasteiger partial charge in [0.15, 0.2) is 17.3 Å². The highest BCUT2D eigenvalue weighted by atomic mass is 19.1. The minimum absolute atomic E-state index is 0.210. The number of aliphatic carboxylic acids is 1. The lowest BCUT2D eigenvalue weighted by Gasteiger charge is -2.34. The van der Waals surface area contributed by atoms with Crippen LogP contribution in [0.5, 0.6) is 11.5 Å². The number of hydrogen-bond donors (Lipinski definition) is 2. The molecule has 0 amide bonds. The van der Waals surface area contributed by atoms with Gasteiger partial charge in [-0.1, -0.05) is 19.3 Å². The molecule has 2 rings (SSSR count). The second-order valence-corrected chi connectivity index (χ2v) is 5.04. The highest BCUT2D eigenvalue weighted by molar-refractivity contribution is 5.83. The largest absolute Gasteiger partial charge is 0.504 e. The fourth-order valence-electron chi connectivity index (χ4n) is 2.96. The van der Waals surface area contributed by atoms with E-state index in [0.717, 1.165) is 13.5 Å². The Labute approximate surface area is 115 Å². The van der Waals surface area contributed by atoms with Gasteiger partial charge in [0.25, 0.3) is 0 Å². The van der Waals surface area contributed by atoms with Crippen LogP contribution < -0.4 is 4.74 Å². The average Bonchev–Trinajstić information content (AvgIpc) is 2.39. The number of carbonyl (C=O) groups is 1. The molecule has 0 heterocycles. The van der Waals surface area contributed by atoms with Crippen LogP contribution in [0.15, 0.2) is 6.07 Å². The van der Waals surface area contributed by atoms with Gasteiger partial charge >= 0.3 is 5.97 Å². The summed E-state index contributed by atoms with van der Waals surface area (Å²) in [5.41, 5.74) is -1.89. The van der Waals surface area contributed by atoms with E-state index < -0.39 is 34.5 Å². The van der Waals surface area contributed by atoms with Crippen LogP contribution in [0.4, 0.5) is 8.78 Å². The molecule has 6 heteroatoms. The molecule has 1 fully saturated rings. The number of halogens is 2. The maximum atomic E-state index is 14.1. The van der Waals surface area contributed by atoms with Crippen molar-refractivity contribution in [2.75, 3.05) is 7.11 Å². The zero-order valence-electron chi connectivity index (χ0n) is 11.1. The van der Waals surface area contributed by atoms with Crippen molar-refractivity contribution in [1.29, 1.82) is 0 Å². The van der Waals surface area contributed by atoms with Crippen molar-refractivity contribution in [3.05, 3.63) is 23.3 Å². The normalized spacial score (nSPS) is 17.8. The molecule has 0 aromatic heterocycles. The lowest BCUT2D eigenvalue weighted by molar-refractivity contribution is -0.145. The van der Waals surface area contributed by atoms with Gasteiger partial charge in [0.1, 0.15) is 5.82 Å². The molecule has 0 unspecified atom stereocenters. The van der Waals surface area contributed by atoms with Crippen LogP contribution in [0.2, 0.25) is 0 Å². The summed E-state index contributed by atoms with van der Waals surface area (Å²) in [4.78, 5) is 11.7. The molecular weight excluding hydrogens is 270 g/mol. The Balaban J connectivity index is 2.68. The molecule has 110 valence electrons. The maximum absolute atomic E-state index is 14.1. The van der Waals surface area contributed by atoms with Gasteiger partial charge in [-0.15, -0.1) is 0 Å². The predicted molar refractivity (Wildman–Crippen MR) is 67.0 cm³/mol. The van der Waals surface area contributed by atoms with Crippen molar-refractivity contribution in [2.24, 2.45) is 0 Å². The summed E-state index contributed by atoms with van der Waals surface area (Å²) in [5, 5.41) is 19.6. The molecule has 0 aliphatic heterocycles. The third-order valence-corrected chi connectivity index (χ3v) is 3.96. The van der Waals surface area contributed by atoms with Gasteiger partial charge in [-0.25, -0.2) is 8.78 Å². The predicted octanol–water partition coefficient (Wildman–Crippen LogP) is 2.97. The van der Waals surface area contributed by atoms with Crippen LogP contribution in [0.3, 0.4) is 0 Å². The molecule has 0 bridgehead atoms. The third-order valence-electron chi connectivity index (χ3n) is 3.96. The fourth-order valence-corrected chi connectivity index (χ4v) is 2.96. The Morgan fingerprint density at radius 1 is 1.25 bits per heavy atom. The molecule has 20 heavy (non-hydrogen) atoms. The van der Waals surface area contributed by atoms with E-state index in [1.165, 1.54) is 0 Å².